The minimum atomic E-state index is -0.215. The van der Waals surface area contributed by atoms with E-state index in [1.54, 1.807) is 0 Å². The quantitative estimate of drug-likeness (QED) is 0.867. The molecule has 1 amide bonds. The second kappa shape index (κ2) is 6.55. The summed E-state index contributed by atoms with van der Waals surface area (Å²) in [4.78, 5) is 12.8. The van der Waals surface area contributed by atoms with Gasteiger partial charge >= 0.3 is 0 Å². The molecule has 5 heteroatoms. The zero-order valence-electron chi connectivity index (χ0n) is 12.2. The molecular weight excluding hydrogens is 307 g/mol. The first-order chi connectivity index (χ1) is 9.63. The van der Waals surface area contributed by atoms with Crippen LogP contribution in [0, 0.1) is 18.3 Å². The summed E-state index contributed by atoms with van der Waals surface area (Å²) < 4.78 is 0. The lowest BCUT2D eigenvalue weighted by molar-refractivity contribution is -0.128. The van der Waals surface area contributed by atoms with Crippen molar-refractivity contribution in [3.8, 4) is 0 Å². The molecule has 116 valence electrons. The van der Waals surface area contributed by atoms with E-state index in [-0.39, 0.29) is 23.7 Å². The van der Waals surface area contributed by atoms with Crippen molar-refractivity contribution in [3.63, 3.8) is 0 Å². The molecule has 1 saturated carbocycles. The van der Waals surface area contributed by atoms with Gasteiger partial charge in [0.15, 0.2) is 0 Å². The predicted molar refractivity (Wildman–Crippen MR) is 89.3 cm³/mol. The van der Waals surface area contributed by atoms with Gasteiger partial charge in [0.2, 0.25) is 5.91 Å². The molecule has 0 radical (unpaired) electrons. The molecule has 3 rings (SSSR count). The third kappa shape index (κ3) is 2.92. The molecule has 0 spiro atoms. The summed E-state index contributed by atoms with van der Waals surface area (Å²) >= 11 is 6.13. The van der Waals surface area contributed by atoms with E-state index in [9.17, 15) is 4.79 Å². The number of rotatable bonds is 2. The summed E-state index contributed by atoms with van der Waals surface area (Å²) in [6.07, 6.45) is 4.56. The number of carbonyl (C=O) groups excluding carboxylic acids is 1. The molecule has 3 nitrogen and oxygen atoms in total. The van der Waals surface area contributed by atoms with E-state index in [1.165, 1.54) is 6.42 Å². The molecule has 21 heavy (non-hydrogen) atoms. The van der Waals surface area contributed by atoms with Crippen molar-refractivity contribution in [3.05, 3.63) is 28.8 Å². The summed E-state index contributed by atoms with van der Waals surface area (Å²) in [7, 11) is 0. The van der Waals surface area contributed by atoms with Crippen LogP contribution in [0.1, 0.15) is 31.2 Å². The van der Waals surface area contributed by atoms with Crippen molar-refractivity contribution in [2.45, 2.75) is 32.6 Å². The highest BCUT2D eigenvalue weighted by Crippen LogP contribution is 2.44. The first-order valence-electron chi connectivity index (χ1n) is 7.41. The predicted octanol–water partition coefficient (Wildman–Crippen LogP) is 3.79. The van der Waals surface area contributed by atoms with Crippen molar-refractivity contribution >= 4 is 35.6 Å². The summed E-state index contributed by atoms with van der Waals surface area (Å²) in [5.41, 5.74) is 1.57. The van der Waals surface area contributed by atoms with Gasteiger partial charge in [-0.2, -0.15) is 0 Å². The lowest BCUT2D eigenvalue weighted by Crippen LogP contribution is -2.44. The van der Waals surface area contributed by atoms with Gasteiger partial charge in [-0.25, -0.2) is 0 Å². The Morgan fingerprint density at radius 3 is 3.05 bits per heavy atom. The first-order valence-corrected chi connectivity index (χ1v) is 7.78. The average Bonchev–Trinajstić information content (AvgIpc) is 2.89. The summed E-state index contributed by atoms with van der Waals surface area (Å²) in [6, 6.07) is 5.66. The minimum Gasteiger partial charge on any atom is -0.325 e. The van der Waals surface area contributed by atoms with Gasteiger partial charge in [0, 0.05) is 17.3 Å². The van der Waals surface area contributed by atoms with Crippen molar-refractivity contribution in [2.75, 3.05) is 18.4 Å². The van der Waals surface area contributed by atoms with E-state index in [1.807, 2.05) is 25.1 Å². The lowest BCUT2D eigenvalue weighted by Gasteiger charge is -2.37. The van der Waals surface area contributed by atoms with Gasteiger partial charge in [0.05, 0.1) is 5.41 Å². The standard InChI is InChI=1S/C16H21ClN2O.ClH/c1-11-13(17)6-4-7-14(11)19-15(20)16-8-3-2-5-12(16)9-18-10-16;/h4,6-7,12,18H,2-3,5,8-10H2,1H3,(H,19,20);1H/t12-,16+;/m0./s1. The van der Waals surface area contributed by atoms with E-state index < -0.39 is 0 Å². The Morgan fingerprint density at radius 1 is 1.43 bits per heavy atom. The van der Waals surface area contributed by atoms with Gasteiger partial charge in [-0.15, -0.1) is 12.4 Å². The Morgan fingerprint density at radius 2 is 2.24 bits per heavy atom. The Balaban J connectivity index is 0.00000161. The minimum absolute atomic E-state index is 0. The Labute approximate surface area is 137 Å². The average molecular weight is 329 g/mol. The fraction of sp³-hybridized carbons (Fsp3) is 0.562. The zero-order chi connectivity index (χ0) is 14.2. The molecule has 2 aliphatic rings. The number of hydrogen-bond acceptors (Lipinski definition) is 2. The van der Waals surface area contributed by atoms with E-state index in [0.717, 1.165) is 43.6 Å². The molecule has 1 aliphatic carbocycles. The van der Waals surface area contributed by atoms with Crippen molar-refractivity contribution in [1.82, 2.24) is 5.32 Å². The summed E-state index contributed by atoms with van der Waals surface area (Å²) in [5.74, 6) is 0.647. The third-order valence-electron chi connectivity index (χ3n) is 5.01. The van der Waals surface area contributed by atoms with E-state index >= 15 is 0 Å². The van der Waals surface area contributed by atoms with Crippen LogP contribution >= 0.6 is 24.0 Å². The molecule has 2 N–H and O–H groups in total. The largest absolute Gasteiger partial charge is 0.325 e. The van der Waals surface area contributed by atoms with E-state index in [4.69, 9.17) is 11.6 Å². The molecule has 2 atom stereocenters. The molecule has 1 aliphatic heterocycles. The molecular formula is C16H22Cl2N2O. The number of hydrogen-bond donors (Lipinski definition) is 2. The maximum absolute atomic E-state index is 12.8. The SMILES string of the molecule is Cc1c(Cl)cccc1NC(=O)[C@@]12CCCC[C@H]1CNC2.Cl. The van der Waals surface area contributed by atoms with Crippen molar-refractivity contribution < 1.29 is 4.79 Å². The second-order valence-electron chi connectivity index (χ2n) is 6.10. The summed E-state index contributed by atoms with van der Waals surface area (Å²) in [6.45, 7) is 3.73. The van der Waals surface area contributed by atoms with Crippen molar-refractivity contribution in [1.29, 1.82) is 0 Å². The maximum atomic E-state index is 12.8. The fourth-order valence-corrected chi connectivity index (χ4v) is 3.85. The topological polar surface area (TPSA) is 41.1 Å². The Kier molecular flexibility index (Phi) is 5.18. The number of carbonyl (C=O) groups is 1. The van der Waals surface area contributed by atoms with E-state index in [2.05, 4.69) is 10.6 Å². The van der Waals surface area contributed by atoms with Gasteiger partial charge in [-0.3, -0.25) is 4.79 Å². The number of fused-ring (bicyclic) bond motifs is 1. The van der Waals surface area contributed by atoms with Gasteiger partial charge in [-0.1, -0.05) is 30.5 Å². The van der Waals surface area contributed by atoms with Crippen LogP contribution in [-0.4, -0.2) is 19.0 Å². The monoisotopic (exact) mass is 328 g/mol. The zero-order valence-corrected chi connectivity index (χ0v) is 13.8. The summed E-state index contributed by atoms with van der Waals surface area (Å²) in [5, 5.41) is 7.23. The van der Waals surface area contributed by atoms with Gasteiger partial charge < -0.3 is 10.6 Å². The second-order valence-corrected chi connectivity index (χ2v) is 6.50. The normalized spacial score (nSPS) is 27.6. The Hall–Kier alpha value is -0.770. The fourth-order valence-electron chi connectivity index (χ4n) is 3.68. The highest BCUT2D eigenvalue weighted by atomic mass is 35.5. The van der Waals surface area contributed by atoms with Crippen molar-refractivity contribution in [2.24, 2.45) is 11.3 Å². The van der Waals surface area contributed by atoms with E-state index in [0.29, 0.717) is 10.9 Å². The van der Waals surface area contributed by atoms with Crippen LogP contribution in [0.4, 0.5) is 5.69 Å². The van der Waals surface area contributed by atoms with Crippen LogP contribution in [-0.2, 0) is 4.79 Å². The van der Waals surface area contributed by atoms with Gasteiger partial charge in [0.1, 0.15) is 0 Å². The molecule has 2 fully saturated rings. The third-order valence-corrected chi connectivity index (χ3v) is 5.42. The molecule has 0 aromatic heterocycles. The van der Waals surface area contributed by atoms with Gasteiger partial charge in [-0.05, 0) is 49.9 Å². The lowest BCUT2D eigenvalue weighted by atomic mass is 9.67. The van der Waals surface area contributed by atoms with Crippen LogP contribution in [0.2, 0.25) is 5.02 Å². The molecule has 0 unspecified atom stereocenters. The number of anilines is 1. The molecule has 1 heterocycles. The number of nitrogens with one attached hydrogen (secondary N) is 2. The number of halogens is 2. The molecule has 1 saturated heterocycles. The van der Waals surface area contributed by atoms with Gasteiger partial charge in [0.25, 0.3) is 0 Å². The smallest absolute Gasteiger partial charge is 0.232 e. The highest BCUT2D eigenvalue weighted by Gasteiger charge is 2.49. The number of amides is 1. The van der Waals surface area contributed by atoms with Crippen LogP contribution < -0.4 is 10.6 Å². The molecule has 1 aromatic carbocycles. The van der Waals surface area contributed by atoms with Crippen LogP contribution in [0.15, 0.2) is 18.2 Å². The highest BCUT2D eigenvalue weighted by molar-refractivity contribution is 6.31. The molecule has 0 bridgehead atoms. The van der Waals surface area contributed by atoms with Crippen LogP contribution in [0.3, 0.4) is 0 Å². The van der Waals surface area contributed by atoms with Crippen LogP contribution in [0.25, 0.3) is 0 Å². The maximum Gasteiger partial charge on any atom is 0.232 e. The first kappa shape index (κ1) is 16.6. The molecule has 1 aromatic rings. The van der Waals surface area contributed by atoms with Crippen LogP contribution in [0.5, 0.6) is 0 Å². The Bertz CT molecular complexity index is 535. The number of benzene rings is 1.